The van der Waals surface area contributed by atoms with E-state index < -0.39 is 17.5 Å². The second-order valence-electron chi connectivity index (χ2n) is 4.85. The van der Waals surface area contributed by atoms with Gasteiger partial charge in [-0.1, -0.05) is 6.42 Å². The maximum absolute atomic E-state index is 11.0. The molecule has 0 radical (unpaired) electrons. The van der Waals surface area contributed by atoms with Gasteiger partial charge in [0.25, 0.3) is 0 Å². The second-order valence-corrected chi connectivity index (χ2v) is 4.85. The predicted octanol–water partition coefficient (Wildman–Crippen LogP) is 0.696. The number of rotatable bonds is 2. The monoisotopic (exact) mass is 213 g/mol. The first-order valence-electron chi connectivity index (χ1n) is 5.75. The summed E-state index contributed by atoms with van der Waals surface area (Å²) in [6.07, 6.45) is 3.82. The zero-order valence-corrected chi connectivity index (χ0v) is 9.15. The van der Waals surface area contributed by atoms with E-state index in [-0.39, 0.29) is 6.04 Å². The van der Waals surface area contributed by atoms with E-state index in [0.717, 1.165) is 25.9 Å². The lowest BCUT2D eigenvalue weighted by molar-refractivity contribution is -0.153. The van der Waals surface area contributed by atoms with Crippen LogP contribution >= 0.6 is 0 Å². The van der Waals surface area contributed by atoms with Crippen molar-refractivity contribution in [2.24, 2.45) is 5.92 Å². The van der Waals surface area contributed by atoms with Crippen LogP contribution < -0.4 is 0 Å². The highest BCUT2D eigenvalue weighted by molar-refractivity contribution is 5.71. The Labute approximate surface area is 89.9 Å². The molecule has 4 nitrogen and oxygen atoms in total. The number of carbonyl (C=O) groups is 1. The number of hydrogen-bond acceptors (Lipinski definition) is 3. The fourth-order valence-corrected chi connectivity index (χ4v) is 3.03. The third-order valence-electron chi connectivity index (χ3n) is 4.11. The normalized spacial score (nSPS) is 38.7. The number of hydrogen-bond donors (Lipinski definition) is 2. The van der Waals surface area contributed by atoms with E-state index in [1.54, 1.807) is 6.92 Å². The minimum atomic E-state index is -1.01. The molecule has 0 aromatic heterocycles. The number of aliphatic carboxylic acids is 1. The molecule has 2 saturated heterocycles. The Balaban J connectivity index is 2.17. The van der Waals surface area contributed by atoms with Crippen molar-refractivity contribution in [1.82, 2.24) is 4.90 Å². The van der Waals surface area contributed by atoms with E-state index in [9.17, 15) is 9.90 Å². The van der Waals surface area contributed by atoms with E-state index in [2.05, 4.69) is 4.90 Å². The first-order chi connectivity index (χ1) is 7.05. The van der Waals surface area contributed by atoms with Gasteiger partial charge in [0.2, 0.25) is 0 Å². The van der Waals surface area contributed by atoms with Crippen molar-refractivity contribution >= 4 is 5.97 Å². The molecule has 0 aromatic rings. The van der Waals surface area contributed by atoms with E-state index in [1.807, 2.05) is 0 Å². The molecule has 0 bridgehead atoms. The molecule has 3 atom stereocenters. The Kier molecular flexibility index (Phi) is 2.73. The van der Waals surface area contributed by atoms with Gasteiger partial charge in [0.15, 0.2) is 0 Å². The van der Waals surface area contributed by atoms with Crippen molar-refractivity contribution in [3.63, 3.8) is 0 Å². The number of piperidine rings is 1. The fourth-order valence-electron chi connectivity index (χ4n) is 3.03. The zero-order valence-electron chi connectivity index (χ0n) is 9.15. The van der Waals surface area contributed by atoms with Crippen LogP contribution in [0.5, 0.6) is 0 Å². The van der Waals surface area contributed by atoms with Crippen LogP contribution in [0.25, 0.3) is 0 Å². The third-order valence-corrected chi connectivity index (χ3v) is 4.11. The molecule has 2 rings (SSSR count). The summed E-state index contributed by atoms with van der Waals surface area (Å²) in [5.74, 6) is -1.55. The van der Waals surface area contributed by atoms with E-state index in [1.165, 1.54) is 6.42 Å². The summed E-state index contributed by atoms with van der Waals surface area (Å²) in [6.45, 7) is 3.48. The molecule has 0 saturated carbocycles. The second kappa shape index (κ2) is 3.76. The highest BCUT2D eigenvalue weighted by Crippen LogP contribution is 2.39. The molecule has 86 valence electrons. The number of fused-ring (bicyclic) bond motifs is 1. The van der Waals surface area contributed by atoms with Crippen molar-refractivity contribution in [2.75, 3.05) is 13.1 Å². The van der Waals surface area contributed by atoms with Crippen molar-refractivity contribution < 1.29 is 15.0 Å². The van der Waals surface area contributed by atoms with Crippen LogP contribution in [0.3, 0.4) is 0 Å². The fraction of sp³-hybridized carbons (Fsp3) is 0.909. The van der Waals surface area contributed by atoms with Gasteiger partial charge in [0.1, 0.15) is 0 Å². The molecule has 3 unspecified atom stereocenters. The van der Waals surface area contributed by atoms with Crippen LogP contribution in [-0.4, -0.2) is 45.8 Å². The molecular weight excluding hydrogens is 194 g/mol. The largest absolute Gasteiger partial charge is 0.481 e. The summed E-state index contributed by atoms with van der Waals surface area (Å²) >= 11 is 0. The lowest BCUT2D eigenvalue weighted by Crippen LogP contribution is -2.52. The topological polar surface area (TPSA) is 60.8 Å². The lowest BCUT2D eigenvalue weighted by Gasteiger charge is -2.39. The number of aliphatic hydroxyl groups is 1. The average molecular weight is 213 g/mol. The first kappa shape index (κ1) is 10.9. The molecule has 0 spiro atoms. The molecular formula is C11H19NO3. The van der Waals surface area contributed by atoms with Crippen molar-refractivity contribution in [3.05, 3.63) is 0 Å². The summed E-state index contributed by atoms with van der Waals surface area (Å²) in [4.78, 5) is 13.2. The van der Waals surface area contributed by atoms with Gasteiger partial charge in [-0.25, -0.2) is 0 Å². The van der Waals surface area contributed by atoms with E-state index >= 15 is 0 Å². The summed E-state index contributed by atoms with van der Waals surface area (Å²) in [7, 11) is 0. The minimum absolute atomic E-state index is 0.0670. The minimum Gasteiger partial charge on any atom is -0.481 e. The first-order valence-corrected chi connectivity index (χ1v) is 5.75. The Morgan fingerprint density at radius 3 is 2.87 bits per heavy atom. The van der Waals surface area contributed by atoms with Crippen LogP contribution in [0.4, 0.5) is 0 Å². The smallest absolute Gasteiger partial charge is 0.309 e. The maximum Gasteiger partial charge on any atom is 0.309 e. The number of carboxylic acids is 1. The van der Waals surface area contributed by atoms with Gasteiger partial charge in [-0.15, -0.1) is 0 Å². The molecule has 0 aromatic carbocycles. The molecule has 2 aliphatic rings. The highest BCUT2D eigenvalue weighted by atomic mass is 16.4. The summed E-state index contributed by atoms with van der Waals surface area (Å²) in [5, 5.41) is 19.5. The van der Waals surface area contributed by atoms with Crippen molar-refractivity contribution in [2.45, 2.75) is 44.2 Å². The van der Waals surface area contributed by atoms with Gasteiger partial charge >= 0.3 is 5.97 Å². The van der Waals surface area contributed by atoms with E-state index in [4.69, 9.17) is 5.11 Å². The van der Waals surface area contributed by atoms with Crippen molar-refractivity contribution in [1.29, 1.82) is 0 Å². The zero-order chi connectivity index (χ0) is 11.1. The Morgan fingerprint density at radius 1 is 1.47 bits per heavy atom. The van der Waals surface area contributed by atoms with Gasteiger partial charge < -0.3 is 10.2 Å². The molecule has 2 N–H and O–H groups in total. The summed E-state index contributed by atoms with van der Waals surface area (Å²) < 4.78 is 0. The Hall–Kier alpha value is -0.610. The van der Waals surface area contributed by atoms with Crippen LogP contribution in [-0.2, 0) is 4.79 Å². The third kappa shape index (κ3) is 1.66. The molecule has 0 amide bonds. The van der Waals surface area contributed by atoms with Crippen LogP contribution in [0.15, 0.2) is 0 Å². The number of carboxylic acid groups (broad SMARTS) is 1. The summed E-state index contributed by atoms with van der Waals surface area (Å²) in [5.41, 5.74) is -1.01. The molecule has 2 fully saturated rings. The van der Waals surface area contributed by atoms with Crippen molar-refractivity contribution in [3.8, 4) is 0 Å². The SMILES string of the molecule is CC(C(=O)O)C1(O)CCN2CCCCC21. The van der Waals surface area contributed by atoms with Crippen LogP contribution in [0.2, 0.25) is 0 Å². The van der Waals surface area contributed by atoms with E-state index in [0.29, 0.717) is 6.42 Å². The van der Waals surface area contributed by atoms with Gasteiger partial charge in [0.05, 0.1) is 11.5 Å². The number of nitrogens with zero attached hydrogens (tertiary/aromatic N) is 1. The maximum atomic E-state index is 11.0. The van der Waals surface area contributed by atoms with Gasteiger partial charge in [-0.05, 0) is 32.7 Å². The Morgan fingerprint density at radius 2 is 2.20 bits per heavy atom. The van der Waals surface area contributed by atoms with Gasteiger partial charge in [0, 0.05) is 12.6 Å². The molecule has 2 heterocycles. The van der Waals surface area contributed by atoms with Crippen LogP contribution in [0, 0.1) is 5.92 Å². The highest BCUT2D eigenvalue weighted by Gasteiger charge is 2.52. The standard InChI is InChI=1S/C11H19NO3/c1-8(10(13)14)11(15)5-7-12-6-3-2-4-9(11)12/h8-9,15H,2-7H2,1H3,(H,13,14). The van der Waals surface area contributed by atoms with Crippen LogP contribution in [0.1, 0.15) is 32.6 Å². The van der Waals surface area contributed by atoms with Gasteiger partial charge in [-0.3, -0.25) is 9.69 Å². The molecule has 2 aliphatic heterocycles. The van der Waals surface area contributed by atoms with Gasteiger partial charge in [-0.2, -0.15) is 0 Å². The molecule has 4 heteroatoms. The average Bonchev–Trinajstić information content (AvgIpc) is 2.57. The predicted molar refractivity (Wildman–Crippen MR) is 55.6 cm³/mol. The Bertz CT molecular complexity index is 269. The quantitative estimate of drug-likeness (QED) is 0.708. The molecule has 0 aliphatic carbocycles. The molecule has 15 heavy (non-hydrogen) atoms. The lowest BCUT2D eigenvalue weighted by atomic mass is 9.79. The summed E-state index contributed by atoms with van der Waals surface area (Å²) in [6, 6.07) is 0.0670.